The average molecular weight is 442 g/mol. The summed E-state index contributed by atoms with van der Waals surface area (Å²) < 4.78 is 18.6. The molecule has 4 aromatic heterocycles. The number of nitrogens with two attached hydrogens (primary N) is 1. The zero-order chi connectivity index (χ0) is 23.1. The van der Waals surface area contributed by atoms with Crippen molar-refractivity contribution in [1.29, 1.82) is 5.26 Å². The van der Waals surface area contributed by atoms with E-state index in [1.807, 2.05) is 41.1 Å². The molecule has 4 heterocycles. The molecule has 0 spiro atoms. The number of carbonyl (C=O) groups excluding carboxylic acids is 1. The highest BCUT2D eigenvalue weighted by Crippen LogP contribution is 2.25. The number of hydrogen-bond acceptors (Lipinski definition) is 6. The maximum absolute atomic E-state index is 15.1. The summed E-state index contributed by atoms with van der Waals surface area (Å²) in [4.78, 5) is 27.9. The Morgan fingerprint density at radius 3 is 2.94 bits per heavy atom. The molecule has 2 N–H and O–H groups in total. The van der Waals surface area contributed by atoms with Crippen molar-refractivity contribution in [2.75, 3.05) is 12.3 Å². The van der Waals surface area contributed by atoms with Crippen molar-refractivity contribution >= 4 is 33.9 Å². The maximum Gasteiger partial charge on any atom is 0.257 e. The normalized spacial score (nSPS) is 11.3. The Morgan fingerprint density at radius 2 is 2.15 bits per heavy atom. The van der Waals surface area contributed by atoms with Crippen LogP contribution >= 0.6 is 0 Å². The Labute approximate surface area is 187 Å². The van der Waals surface area contributed by atoms with Crippen molar-refractivity contribution in [1.82, 2.24) is 28.7 Å². The number of carbonyl (C=O) groups is 1. The standard InChI is InChI=1S/C23H19FN8O/c1-14-21-22(26)29-18-10-17(24)16(9-19(18)32(21)13-27-14)23(33)31(8-4-6-25)12-15-11-30-7-3-2-5-20(30)28-15/h2-3,5,7,9-11,13H,4,8,12H2,1H3,(H2,26,29). The van der Waals surface area contributed by atoms with Crippen molar-refractivity contribution in [2.45, 2.75) is 19.9 Å². The SMILES string of the molecule is Cc1ncn2c1c(N)nc1cc(F)c(C(=O)N(CCC#N)Cc3cn4ccccc4n3)cc12. The minimum absolute atomic E-state index is 0.108. The second-order valence-corrected chi connectivity index (χ2v) is 7.70. The van der Waals surface area contributed by atoms with Gasteiger partial charge in [0.15, 0.2) is 0 Å². The fourth-order valence-electron chi connectivity index (χ4n) is 3.98. The molecule has 33 heavy (non-hydrogen) atoms. The van der Waals surface area contributed by atoms with Gasteiger partial charge >= 0.3 is 0 Å². The molecular formula is C23H19FN8O. The Morgan fingerprint density at radius 1 is 1.30 bits per heavy atom. The molecule has 10 heteroatoms. The largest absolute Gasteiger partial charge is 0.382 e. The number of aryl methyl sites for hydroxylation is 1. The van der Waals surface area contributed by atoms with Crippen LogP contribution in [0.3, 0.4) is 0 Å². The molecule has 0 aliphatic heterocycles. The lowest BCUT2D eigenvalue weighted by atomic mass is 10.1. The van der Waals surface area contributed by atoms with E-state index >= 15 is 4.39 Å². The van der Waals surface area contributed by atoms with Gasteiger partial charge in [-0.2, -0.15) is 5.26 Å². The van der Waals surface area contributed by atoms with Gasteiger partial charge in [-0.25, -0.2) is 19.3 Å². The number of fused-ring (bicyclic) bond motifs is 4. The Hall–Kier alpha value is -4.52. The molecule has 164 valence electrons. The molecule has 9 nitrogen and oxygen atoms in total. The summed E-state index contributed by atoms with van der Waals surface area (Å²) >= 11 is 0. The van der Waals surface area contributed by atoms with Gasteiger partial charge < -0.3 is 15.0 Å². The topological polar surface area (TPSA) is 118 Å². The summed E-state index contributed by atoms with van der Waals surface area (Å²) in [6.07, 6.45) is 5.34. The molecule has 0 unspecified atom stereocenters. The third-order valence-corrected chi connectivity index (χ3v) is 5.54. The minimum Gasteiger partial charge on any atom is -0.382 e. The van der Waals surface area contributed by atoms with E-state index in [4.69, 9.17) is 11.0 Å². The van der Waals surface area contributed by atoms with E-state index in [0.29, 0.717) is 27.9 Å². The van der Waals surface area contributed by atoms with Gasteiger partial charge in [-0.3, -0.25) is 9.20 Å². The molecule has 0 aliphatic rings. The highest BCUT2D eigenvalue weighted by Gasteiger charge is 2.23. The van der Waals surface area contributed by atoms with Gasteiger partial charge in [-0.05, 0) is 25.1 Å². The van der Waals surface area contributed by atoms with E-state index in [-0.39, 0.29) is 30.9 Å². The number of rotatable bonds is 5. The summed E-state index contributed by atoms with van der Waals surface area (Å²) in [5, 5.41) is 9.08. The van der Waals surface area contributed by atoms with E-state index in [1.165, 1.54) is 17.0 Å². The summed E-state index contributed by atoms with van der Waals surface area (Å²) in [5.41, 5.74) is 9.39. The highest BCUT2D eigenvalue weighted by molar-refractivity contribution is 5.98. The van der Waals surface area contributed by atoms with E-state index in [2.05, 4.69) is 15.0 Å². The monoisotopic (exact) mass is 442 g/mol. The fraction of sp³-hybridized carbons (Fsp3) is 0.174. The molecule has 5 aromatic rings. The molecule has 5 rings (SSSR count). The molecule has 0 aliphatic carbocycles. The number of nitriles is 1. The Kier molecular flexibility index (Phi) is 4.86. The van der Waals surface area contributed by atoms with E-state index < -0.39 is 11.7 Å². The number of imidazole rings is 2. The van der Waals surface area contributed by atoms with Crippen LogP contribution in [0.5, 0.6) is 0 Å². The van der Waals surface area contributed by atoms with E-state index in [0.717, 1.165) is 5.65 Å². The molecule has 0 saturated carbocycles. The maximum atomic E-state index is 15.1. The molecule has 0 saturated heterocycles. The van der Waals surface area contributed by atoms with Gasteiger partial charge in [0.25, 0.3) is 5.91 Å². The van der Waals surface area contributed by atoms with Crippen LogP contribution in [-0.4, -0.2) is 41.1 Å². The van der Waals surface area contributed by atoms with Crippen LogP contribution in [0.25, 0.3) is 22.2 Å². The van der Waals surface area contributed by atoms with Crippen LogP contribution < -0.4 is 5.73 Å². The van der Waals surface area contributed by atoms with Crippen molar-refractivity contribution in [3.05, 3.63) is 71.8 Å². The zero-order valence-electron chi connectivity index (χ0n) is 17.7. The summed E-state index contributed by atoms with van der Waals surface area (Å²) in [6.45, 7) is 2.08. The second kappa shape index (κ2) is 7.87. The van der Waals surface area contributed by atoms with Gasteiger partial charge in [-0.15, -0.1) is 0 Å². The molecule has 0 atom stereocenters. The van der Waals surface area contributed by atoms with Crippen LogP contribution in [0, 0.1) is 24.1 Å². The molecule has 0 bridgehead atoms. The van der Waals surface area contributed by atoms with Crippen molar-refractivity contribution in [3.63, 3.8) is 0 Å². The first-order valence-electron chi connectivity index (χ1n) is 10.3. The van der Waals surface area contributed by atoms with Crippen LogP contribution in [0.2, 0.25) is 0 Å². The lowest BCUT2D eigenvalue weighted by molar-refractivity contribution is 0.0740. The van der Waals surface area contributed by atoms with Crippen molar-refractivity contribution in [3.8, 4) is 6.07 Å². The van der Waals surface area contributed by atoms with Crippen LogP contribution in [0.15, 0.2) is 49.1 Å². The first-order chi connectivity index (χ1) is 16.0. The minimum atomic E-state index is -0.715. The number of hydrogen-bond donors (Lipinski definition) is 1. The first-order valence-corrected chi connectivity index (χ1v) is 10.3. The number of nitrogen functional groups attached to an aromatic ring is 1. The smallest absolute Gasteiger partial charge is 0.257 e. The third-order valence-electron chi connectivity index (χ3n) is 5.54. The molecule has 0 fully saturated rings. The van der Waals surface area contributed by atoms with E-state index in [9.17, 15) is 4.79 Å². The quantitative estimate of drug-likeness (QED) is 0.447. The van der Waals surface area contributed by atoms with Crippen LogP contribution in [0.1, 0.15) is 28.2 Å². The van der Waals surface area contributed by atoms with Crippen molar-refractivity contribution in [2.24, 2.45) is 0 Å². The van der Waals surface area contributed by atoms with Gasteiger partial charge in [0.05, 0.1) is 47.0 Å². The number of halogens is 1. The predicted octanol–water partition coefficient (Wildman–Crippen LogP) is 3.12. The highest BCUT2D eigenvalue weighted by atomic mass is 19.1. The number of amides is 1. The average Bonchev–Trinajstić information content (AvgIpc) is 3.39. The van der Waals surface area contributed by atoms with Crippen molar-refractivity contribution < 1.29 is 9.18 Å². The summed E-state index contributed by atoms with van der Waals surface area (Å²) in [5.74, 6) is -1.02. The fourth-order valence-corrected chi connectivity index (χ4v) is 3.98. The number of anilines is 1. The molecule has 0 radical (unpaired) electrons. The zero-order valence-corrected chi connectivity index (χ0v) is 17.7. The number of benzene rings is 1. The van der Waals surface area contributed by atoms with Gasteiger partial charge in [-0.1, -0.05) is 6.07 Å². The number of pyridine rings is 1. The molecular weight excluding hydrogens is 423 g/mol. The second-order valence-electron chi connectivity index (χ2n) is 7.70. The van der Waals surface area contributed by atoms with Gasteiger partial charge in [0.1, 0.15) is 29.1 Å². The summed E-state index contributed by atoms with van der Waals surface area (Å²) in [6, 6.07) is 10.3. The lowest BCUT2D eigenvalue weighted by Gasteiger charge is -2.21. The van der Waals surface area contributed by atoms with Crippen LogP contribution in [0.4, 0.5) is 10.2 Å². The third kappa shape index (κ3) is 3.49. The lowest BCUT2D eigenvalue weighted by Crippen LogP contribution is -2.32. The van der Waals surface area contributed by atoms with Crippen LogP contribution in [-0.2, 0) is 6.54 Å². The van der Waals surface area contributed by atoms with Gasteiger partial charge in [0.2, 0.25) is 0 Å². The molecule has 1 aromatic carbocycles. The van der Waals surface area contributed by atoms with E-state index in [1.54, 1.807) is 17.7 Å². The Balaban J connectivity index is 1.57. The van der Waals surface area contributed by atoms with Gasteiger partial charge in [0, 0.05) is 25.0 Å². The number of aromatic nitrogens is 5. The Bertz CT molecular complexity index is 1550. The number of nitrogens with zero attached hydrogens (tertiary/aromatic N) is 7. The predicted molar refractivity (Wildman–Crippen MR) is 120 cm³/mol. The first kappa shape index (κ1) is 20.4. The summed E-state index contributed by atoms with van der Waals surface area (Å²) in [7, 11) is 0. The molecule has 1 amide bonds.